The molecule has 4 heteroatoms. The largest absolute Gasteiger partial charge is 0.398 e. The van der Waals surface area contributed by atoms with E-state index in [-0.39, 0.29) is 11.3 Å². The van der Waals surface area contributed by atoms with E-state index in [0.717, 1.165) is 25.1 Å². The van der Waals surface area contributed by atoms with Crippen molar-refractivity contribution >= 4 is 11.5 Å². The lowest BCUT2D eigenvalue weighted by Crippen LogP contribution is -2.54. The molecular weight excluding hydrogens is 250 g/mol. The van der Waals surface area contributed by atoms with Gasteiger partial charge < -0.3 is 5.73 Å². The summed E-state index contributed by atoms with van der Waals surface area (Å²) in [5.74, 6) is 0.251. The molecule has 1 aliphatic rings. The number of carbonyl (C=O) groups is 1. The van der Waals surface area contributed by atoms with Gasteiger partial charge in [0.15, 0.2) is 5.78 Å². The van der Waals surface area contributed by atoms with Crippen molar-refractivity contribution in [2.75, 3.05) is 18.8 Å². The van der Waals surface area contributed by atoms with E-state index in [1.165, 1.54) is 19.3 Å². The van der Waals surface area contributed by atoms with Crippen LogP contribution in [-0.4, -0.2) is 34.3 Å². The number of nitrogens with two attached hydrogens (primary N) is 1. The molecule has 0 bridgehead atoms. The monoisotopic (exact) mass is 275 g/mol. The number of nitrogen functional groups attached to an aromatic ring is 1. The lowest BCUT2D eigenvalue weighted by atomic mass is 9.86. The number of likely N-dealkylation sites (tertiary alicyclic amines) is 1. The van der Waals surface area contributed by atoms with Gasteiger partial charge in [0.2, 0.25) is 0 Å². The molecule has 0 amide bonds. The number of Topliss-reactive ketones (excluding diaryl/α,β-unsaturated/α-hetero) is 1. The van der Waals surface area contributed by atoms with Gasteiger partial charge in [0.05, 0.1) is 5.54 Å². The first-order chi connectivity index (χ1) is 9.58. The first-order valence-corrected chi connectivity index (χ1v) is 7.54. The summed E-state index contributed by atoms with van der Waals surface area (Å²) in [5, 5.41) is 0. The number of piperidine rings is 1. The van der Waals surface area contributed by atoms with Crippen LogP contribution in [0.3, 0.4) is 0 Å². The lowest BCUT2D eigenvalue weighted by Gasteiger charge is -2.42. The zero-order valence-electron chi connectivity index (χ0n) is 12.6. The first-order valence-electron chi connectivity index (χ1n) is 7.54. The van der Waals surface area contributed by atoms with Crippen molar-refractivity contribution in [1.29, 1.82) is 0 Å². The van der Waals surface area contributed by atoms with E-state index in [4.69, 9.17) is 5.73 Å². The minimum atomic E-state index is -0.372. The van der Waals surface area contributed by atoms with Crippen molar-refractivity contribution < 1.29 is 4.79 Å². The number of hydrogen-bond donors (Lipinski definition) is 1. The Hall–Kier alpha value is -1.42. The van der Waals surface area contributed by atoms with Crippen LogP contribution >= 0.6 is 0 Å². The van der Waals surface area contributed by atoms with Gasteiger partial charge >= 0.3 is 0 Å². The predicted molar refractivity (Wildman–Crippen MR) is 81.5 cm³/mol. The highest BCUT2D eigenvalue weighted by molar-refractivity contribution is 5.90. The molecule has 2 heterocycles. The molecule has 2 N–H and O–H groups in total. The van der Waals surface area contributed by atoms with Crippen LogP contribution in [0, 0.1) is 0 Å². The van der Waals surface area contributed by atoms with Crippen LogP contribution in [0.15, 0.2) is 18.5 Å². The molecule has 0 spiro atoms. The number of nitrogens with zero attached hydrogens (tertiary/aromatic N) is 2. The van der Waals surface area contributed by atoms with E-state index in [2.05, 4.69) is 23.7 Å². The van der Waals surface area contributed by atoms with Crippen LogP contribution < -0.4 is 5.73 Å². The normalized spacial score (nSPS) is 19.5. The molecule has 1 atom stereocenters. The van der Waals surface area contributed by atoms with Gasteiger partial charge in [-0.15, -0.1) is 0 Å². The van der Waals surface area contributed by atoms with Gasteiger partial charge in [-0.2, -0.15) is 0 Å². The lowest BCUT2D eigenvalue weighted by molar-refractivity contribution is -0.130. The predicted octanol–water partition coefficient (Wildman–Crippen LogP) is 2.43. The zero-order chi connectivity index (χ0) is 14.6. The molecule has 0 saturated carbocycles. The number of rotatable bonds is 5. The van der Waals surface area contributed by atoms with E-state index in [1.807, 2.05) is 0 Å². The number of pyridine rings is 1. The van der Waals surface area contributed by atoms with Crippen LogP contribution in [0.25, 0.3) is 0 Å². The molecule has 1 aliphatic heterocycles. The van der Waals surface area contributed by atoms with Crippen LogP contribution in [0.5, 0.6) is 0 Å². The van der Waals surface area contributed by atoms with E-state index >= 15 is 0 Å². The molecule has 1 unspecified atom stereocenters. The molecule has 1 aromatic heterocycles. The number of anilines is 1. The first kappa shape index (κ1) is 15.0. The summed E-state index contributed by atoms with van der Waals surface area (Å²) >= 11 is 0. The van der Waals surface area contributed by atoms with Crippen molar-refractivity contribution in [1.82, 2.24) is 9.88 Å². The molecule has 0 radical (unpaired) electrons. The molecule has 0 aromatic carbocycles. The molecule has 4 nitrogen and oxygen atoms in total. The highest BCUT2D eigenvalue weighted by Gasteiger charge is 2.37. The number of carbonyl (C=O) groups excluding carboxylic acids is 1. The summed E-state index contributed by atoms with van der Waals surface area (Å²) in [6, 6.07) is 1.76. The Morgan fingerprint density at radius 1 is 1.40 bits per heavy atom. The Labute approximate surface area is 121 Å². The average molecular weight is 275 g/mol. The Morgan fingerprint density at radius 3 is 2.70 bits per heavy atom. The van der Waals surface area contributed by atoms with Gasteiger partial charge in [-0.25, -0.2) is 0 Å². The highest BCUT2D eigenvalue weighted by Crippen LogP contribution is 2.27. The molecule has 1 fully saturated rings. The second-order valence-electron chi connectivity index (χ2n) is 5.85. The maximum Gasteiger partial charge on any atom is 0.157 e. The van der Waals surface area contributed by atoms with Crippen molar-refractivity contribution in [2.45, 2.75) is 51.5 Å². The quantitative estimate of drug-likeness (QED) is 0.896. The maximum atomic E-state index is 12.8. The fourth-order valence-electron chi connectivity index (χ4n) is 2.93. The summed E-state index contributed by atoms with van der Waals surface area (Å²) in [5.41, 5.74) is 7.05. The third-order valence-electron chi connectivity index (χ3n) is 4.64. The van der Waals surface area contributed by atoms with Crippen molar-refractivity contribution in [3.05, 3.63) is 24.0 Å². The van der Waals surface area contributed by atoms with Gasteiger partial charge in [0.1, 0.15) is 0 Å². The number of aromatic nitrogens is 1. The number of hydrogen-bond acceptors (Lipinski definition) is 4. The van der Waals surface area contributed by atoms with Gasteiger partial charge in [-0.05, 0) is 45.3 Å². The molecule has 20 heavy (non-hydrogen) atoms. The molecule has 1 saturated heterocycles. The fourth-order valence-corrected chi connectivity index (χ4v) is 2.93. The minimum Gasteiger partial charge on any atom is -0.398 e. The second-order valence-corrected chi connectivity index (χ2v) is 5.85. The Bertz CT molecular complexity index is 469. The Balaban J connectivity index is 2.14. The third-order valence-corrected chi connectivity index (χ3v) is 4.64. The van der Waals surface area contributed by atoms with E-state index in [0.29, 0.717) is 12.1 Å². The summed E-state index contributed by atoms with van der Waals surface area (Å²) in [7, 11) is 0. The minimum absolute atomic E-state index is 0.251. The molecule has 0 aliphatic carbocycles. The Kier molecular flexibility index (Phi) is 4.76. The van der Waals surface area contributed by atoms with Gasteiger partial charge in [-0.3, -0.25) is 14.7 Å². The third kappa shape index (κ3) is 3.01. The van der Waals surface area contributed by atoms with E-state index in [1.54, 1.807) is 18.5 Å². The van der Waals surface area contributed by atoms with Gasteiger partial charge in [0.25, 0.3) is 0 Å². The second kappa shape index (κ2) is 6.35. The van der Waals surface area contributed by atoms with Crippen LogP contribution in [0.4, 0.5) is 5.69 Å². The highest BCUT2D eigenvalue weighted by atomic mass is 16.1. The topological polar surface area (TPSA) is 59.2 Å². The van der Waals surface area contributed by atoms with Crippen molar-refractivity contribution in [2.24, 2.45) is 0 Å². The zero-order valence-corrected chi connectivity index (χ0v) is 12.6. The van der Waals surface area contributed by atoms with Crippen LogP contribution in [0.1, 0.15) is 45.1 Å². The average Bonchev–Trinajstić information content (AvgIpc) is 2.49. The summed E-state index contributed by atoms with van der Waals surface area (Å²) in [4.78, 5) is 19.2. The van der Waals surface area contributed by atoms with Gasteiger partial charge in [-0.1, -0.05) is 13.3 Å². The molecule has 1 aromatic rings. The van der Waals surface area contributed by atoms with E-state index < -0.39 is 0 Å². The SMILES string of the molecule is CCC(C)(C(=O)Cc1cnccc1N)N1CCCCC1. The summed E-state index contributed by atoms with van der Waals surface area (Å²) < 4.78 is 0. The number of ketones is 1. The van der Waals surface area contributed by atoms with Crippen molar-refractivity contribution in [3.63, 3.8) is 0 Å². The molecule has 2 rings (SSSR count). The van der Waals surface area contributed by atoms with Crippen molar-refractivity contribution in [3.8, 4) is 0 Å². The maximum absolute atomic E-state index is 12.8. The summed E-state index contributed by atoms with van der Waals surface area (Å²) in [6.07, 6.45) is 8.24. The van der Waals surface area contributed by atoms with Crippen LogP contribution in [-0.2, 0) is 11.2 Å². The standard InChI is InChI=1S/C16H25N3O/c1-3-16(2,19-9-5-4-6-10-19)15(20)11-13-12-18-8-7-14(13)17/h7-8,12H,3-6,9-11H2,1-2H3,(H2,17,18). The fraction of sp³-hybridized carbons (Fsp3) is 0.625. The van der Waals surface area contributed by atoms with E-state index in [9.17, 15) is 4.79 Å². The summed E-state index contributed by atoms with van der Waals surface area (Å²) in [6.45, 7) is 6.23. The molecular formula is C16H25N3O. The smallest absolute Gasteiger partial charge is 0.157 e. The Morgan fingerprint density at radius 2 is 2.10 bits per heavy atom. The van der Waals surface area contributed by atoms with Crippen LogP contribution in [0.2, 0.25) is 0 Å². The van der Waals surface area contributed by atoms with Gasteiger partial charge in [0, 0.05) is 30.1 Å². The molecule has 110 valence electrons.